The van der Waals surface area contributed by atoms with E-state index < -0.39 is 5.97 Å². The lowest BCUT2D eigenvalue weighted by Crippen LogP contribution is -2.40. The molecule has 0 spiro atoms. The summed E-state index contributed by atoms with van der Waals surface area (Å²) in [6.45, 7) is 1.84. The van der Waals surface area contributed by atoms with Gasteiger partial charge >= 0.3 is 5.97 Å². The van der Waals surface area contributed by atoms with Gasteiger partial charge in [-0.1, -0.05) is 18.2 Å². The molecule has 8 heteroatoms. The fourth-order valence-corrected chi connectivity index (χ4v) is 3.82. The number of carbonyl (C=O) groups is 2. The lowest BCUT2D eigenvalue weighted by molar-refractivity contribution is -0.117. The predicted octanol–water partition coefficient (Wildman–Crippen LogP) is 2.33. The van der Waals surface area contributed by atoms with Gasteiger partial charge in [0, 0.05) is 18.7 Å². The number of piperidine rings is 1. The van der Waals surface area contributed by atoms with Crippen molar-refractivity contribution in [3.05, 3.63) is 60.0 Å². The van der Waals surface area contributed by atoms with E-state index in [4.69, 9.17) is 4.74 Å². The van der Waals surface area contributed by atoms with Gasteiger partial charge in [0.15, 0.2) is 5.65 Å². The number of amides is 1. The minimum Gasteiger partial charge on any atom is -0.465 e. The summed E-state index contributed by atoms with van der Waals surface area (Å²) in [4.78, 5) is 26.6. The third-order valence-electron chi connectivity index (χ3n) is 5.18. The van der Waals surface area contributed by atoms with E-state index in [2.05, 4.69) is 20.4 Å². The standard InChI is InChI=1S/C21H23N5O3/c1-29-21(28)16-8-2-3-9-17(16)22-19(27)14-25-11-6-7-15(13-25)20-24-23-18-10-4-5-12-26(18)20/h2-5,8-10,12,15H,6-7,11,13-14H2,1H3,(H,22,27)/t15-/m0/s1. The number of aromatic nitrogens is 3. The molecule has 1 atom stereocenters. The van der Waals surface area contributed by atoms with Crippen LogP contribution in [0.4, 0.5) is 5.69 Å². The molecule has 1 saturated heterocycles. The number of methoxy groups -OCH3 is 1. The van der Waals surface area contributed by atoms with Crippen LogP contribution in [0, 0.1) is 0 Å². The molecule has 2 aromatic heterocycles. The summed E-state index contributed by atoms with van der Waals surface area (Å²) >= 11 is 0. The van der Waals surface area contributed by atoms with Crippen molar-refractivity contribution in [3.8, 4) is 0 Å². The lowest BCUT2D eigenvalue weighted by atomic mass is 9.97. The fraction of sp³-hybridized carbons (Fsp3) is 0.333. The first-order valence-corrected chi connectivity index (χ1v) is 9.65. The molecule has 1 aliphatic rings. The van der Waals surface area contributed by atoms with Crippen molar-refractivity contribution in [2.24, 2.45) is 0 Å². The number of likely N-dealkylation sites (tertiary alicyclic amines) is 1. The van der Waals surface area contributed by atoms with E-state index in [1.165, 1.54) is 7.11 Å². The number of fused-ring (bicyclic) bond motifs is 1. The number of rotatable bonds is 5. The number of ether oxygens (including phenoxy) is 1. The van der Waals surface area contributed by atoms with Crippen molar-refractivity contribution in [2.45, 2.75) is 18.8 Å². The number of hydrogen-bond donors (Lipinski definition) is 1. The molecule has 1 aliphatic heterocycles. The zero-order chi connectivity index (χ0) is 20.2. The Morgan fingerprint density at radius 2 is 2.00 bits per heavy atom. The van der Waals surface area contributed by atoms with E-state index in [1.807, 2.05) is 28.8 Å². The predicted molar refractivity (Wildman–Crippen MR) is 108 cm³/mol. The van der Waals surface area contributed by atoms with Gasteiger partial charge in [-0.2, -0.15) is 0 Å². The third-order valence-corrected chi connectivity index (χ3v) is 5.18. The minimum absolute atomic E-state index is 0.159. The molecule has 0 radical (unpaired) electrons. The first-order chi connectivity index (χ1) is 14.2. The van der Waals surface area contributed by atoms with Gasteiger partial charge in [-0.05, 0) is 43.7 Å². The Morgan fingerprint density at radius 1 is 1.17 bits per heavy atom. The van der Waals surface area contributed by atoms with Crippen molar-refractivity contribution < 1.29 is 14.3 Å². The summed E-state index contributed by atoms with van der Waals surface area (Å²) in [6.07, 6.45) is 3.97. The minimum atomic E-state index is -0.474. The molecule has 1 fully saturated rings. The van der Waals surface area contributed by atoms with Crippen molar-refractivity contribution in [2.75, 3.05) is 32.1 Å². The van der Waals surface area contributed by atoms with Gasteiger partial charge in [-0.25, -0.2) is 4.79 Å². The van der Waals surface area contributed by atoms with E-state index in [1.54, 1.807) is 24.3 Å². The Hall–Kier alpha value is -3.26. The molecule has 8 nitrogen and oxygen atoms in total. The zero-order valence-electron chi connectivity index (χ0n) is 16.2. The average molecular weight is 393 g/mol. The lowest BCUT2D eigenvalue weighted by Gasteiger charge is -2.31. The summed E-state index contributed by atoms with van der Waals surface area (Å²) in [5.41, 5.74) is 1.63. The highest BCUT2D eigenvalue weighted by atomic mass is 16.5. The Balaban J connectivity index is 1.42. The van der Waals surface area contributed by atoms with Crippen LogP contribution in [0.25, 0.3) is 5.65 Å². The number of benzene rings is 1. The van der Waals surface area contributed by atoms with Crippen LogP contribution in [-0.2, 0) is 9.53 Å². The quantitative estimate of drug-likeness (QED) is 0.670. The summed E-state index contributed by atoms with van der Waals surface area (Å²) in [5.74, 6) is 0.517. The summed E-state index contributed by atoms with van der Waals surface area (Å²) in [7, 11) is 1.32. The maximum absolute atomic E-state index is 12.6. The summed E-state index contributed by atoms with van der Waals surface area (Å²) < 4.78 is 6.80. The Labute approximate surface area is 168 Å². The molecule has 150 valence electrons. The first-order valence-electron chi connectivity index (χ1n) is 9.65. The molecule has 1 N–H and O–H groups in total. The largest absolute Gasteiger partial charge is 0.465 e. The number of hydrogen-bond acceptors (Lipinski definition) is 6. The van der Waals surface area contributed by atoms with Crippen LogP contribution in [0.1, 0.15) is 34.9 Å². The van der Waals surface area contributed by atoms with Gasteiger partial charge in [0.1, 0.15) is 5.82 Å². The molecule has 1 aromatic carbocycles. The van der Waals surface area contributed by atoms with Crippen LogP contribution in [0.5, 0.6) is 0 Å². The van der Waals surface area contributed by atoms with Gasteiger partial charge in [0.05, 0.1) is 24.9 Å². The number of esters is 1. The maximum Gasteiger partial charge on any atom is 0.339 e. The SMILES string of the molecule is COC(=O)c1ccccc1NC(=O)CN1CCC[C@H](c2nnc3ccccn23)C1. The van der Waals surface area contributed by atoms with Crippen LogP contribution in [-0.4, -0.2) is 58.1 Å². The van der Waals surface area contributed by atoms with Crippen LogP contribution < -0.4 is 5.32 Å². The molecule has 4 rings (SSSR count). The molecule has 29 heavy (non-hydrogen) atoms. The highest BCUT2D eigenvalue weighted by Gasteiger charge is 2.26. The summed E-state index contributed by atoms with van der Waals surface area (Å²) in [5, 5.41) is 11.5. The Kier molecular flexibility index (Phi) is 5.53. The van der Waals surface area contributed by atoms with E-state index in [9.17, 15) is 9.59 Å². The Bertz CT molecular complexity index is 1030. The van der Waals surface area contributed by atoms with E-state index in [-0.39, 0.29) is 18.4 Å². The number of para-hydroxylation sites is 1. The van der Waals surface area contributed by atoms with Crippen molar-refractivity contribution in [3.63, 3.8) is 0 Å². The molecular weight excluding hydrogens is 370 g/mol. The molecule has 0 unspecified atom stereocenters. The topological polar surface area (TPSA) is 88.8 Å². The number of anilines is 1. The zero-order valence-corrected chi connectivity index (χ0v) is 16.2. The molecule has 0 bridgehead atoms. The smallest absolute Gasteiger partial charge is 0.339 e. The molecule has 0 saturated carbocycles. The number of carbonyl (C=O) groups excluding carboxylic acids is 2. The average Bonchev–Trinajstić information content (AvgIpc) is 3.18. The molecule has 3 aromatic rings. The Morgan fingerprint density at radius 3 is 2.86 bits per heavy atom. The third kappa shape index (κ3) is 4.12. The van der Waals surface area contributed by atoms with Crippen LogP contribution >= 0.6 is 0 Å². The second-order valence-corrected chi connectivity index (χ2v) is 7.15. The van der Waals surface area contributed by atoms with Crippen molar-refractivity contribution in [1.82, 2.24) is 19.5 Å². The van der Waals surface area contributed by atoms with Crippen molar-refractivity contribution >= 4 is 23.2 Å². The summed E-state index contributed by atoms with van der Waals surface area (Å²) in [6, 6.07) is 12.7. The molecule has 0 aliphatic carbocycles. The number of nitrogens with one attached hydrogen (secondary N) is 1. The van der Waals surface area contributed by atoms with Gasteiger partial charge < -0.3 is 10.1 Å². The van der Waals surface area contributed by atoms with Gasteiger partial charge in [-0.15, -0.1) is 10.2 Å². The highest BCUT2D eigenvalue weighted by molar-refractivity contribution is 6.01. The van der Waals surface area contributed by atoms with Gasteiger partial charge in [0.2, 0.25) is 5.91 Å². The number of nitrogens with zero attached hydrogens (tertiary/aromatic N) is 4. The van der Waals surface area contributed by atoms with Crippen LogP contribution in [0.2, 0.25) is 0 Å². The van der Waals surface area contributed by atoms with Crippen LogP contribution in [0.15, 0.2) is 48.7 Å². The second-order valence-electron chi connectivity index (χ2n) is 7.15. The number of pyridine rings is 1. The highest BCUT2D eigenvalue weighted by Crippen LogP contribution is 2.26. The van der Waals surface area contributed by atoms with Gasteiger partial charge in [-0.3, -0.25) is 14.1 Å². The van der Waals surface area contributed by atoms with E-state index in [0.717, 1.165) is 37.4 Å². The monoisotopic (exact) mass is 393 g/mol. The first kappa shape index (κ1) is 19.1. The van der Waals surface area contributed by atoms with E-state index in [0.29, 0.717) is 11.3 Å². The van der Waals surface area contributed by atoms with E-state index >= 15 is 0 Å². The fourth-order valence-electron chi connectivity index (χ4n) is 3.82. The van der Waals surface area contributed by atoms with Crippen LogP contribution in [0.3, 0.4) is 0 Å². The van der Waals surface area contributed by atoms with Gasteiger partial charge in [0.25, 0.3) is 0 Å². The molecule has 3 heterocycles. The van der Waals surface area contributed by atoms with Crippen molar-refractivity contribution in [1.29, 1.82) is 0 Å². The normalized spacial score (nSPS) is 17.2. The second kappa shape index (κ2) is 8.40. The molecule has 1 amide bonds. The maximum atomic E-state index is 12.6. The molecular formula is C21H23N5O3.